The Kier molecular flexibility index (Phi) is 8.18. The third kappa shape index (κ3) is 5.91. The van der Waals surface area contributed by atoms with Crippen molar-refractivity contribution in [3.05, 3.63) is 91.9 Å². The standard InChI is InChI=1S/C40H42Br2N2O4/c1-37(2)17-33(45)39(34(46)18-37)15-27-13-32-28(14-31(27)43(23-39)21-25-5-9-29(41)10-6-25)16-40(35(47)19-38(3,4)20-36(40)48)24-44(32)22-26-7-11-30(42)12-8-26/h5-14H,15-24H2,1-4H3. The van der Waals surface area contributed by atoms with Gasteiger partial charge in [0.15, 0.2) is 0 Å². The summed E-state index contributed by atoms with van der Waals surface area (Å²) >= 11 is 7.08. The highest BCUT2D eigenvalue weighted by Gasteiger charge is 2.57. The Bertz CT molecular complexity index is 1670. The lowest BCUT2D eigenvalue weighted by Crippen LogP contribution is -2.58. The molecule has 0 bridgehead atoms. The summed E-state index contributed by atoms with van der Waals surface area (Å²) in [6, 6.07) is 20.6. The van der Waals surface area contributed by atoms with Gasteiger partial charge in [-0.05, 0) is 82.3 Å². The molecule has 2 saturated carbocycles. The van der Waals surface area contributed by atoms with Crippen LogP contribution >= 0.6 is 31.9 Å². The van der Waals surface area contributed by atoms with Crippen molar-refractivity contribution in [2.75, 3.05) is 22.9 Å². The second kappa shape index (κ2) is 11.8. The fraction of sp³-hybridized carbons (Fsp3) is 0.450. The fourth-order valence-electron chi connectivity index (χ4n) is 8.62. The summed E-state index contributed by atoms with van der Waals surface area (Å²) in [5, 5.41) is 0. The van der Waals surface area contributed by atoms with Crippen molar-refractivity contribution in [1.82, 2.24) is 0 Å². The van der Waals surface area contributed by atoms with Crippen LogP contribution in [-0.4, -0.2) is 36.2 Å². The summed E-state index contributed by atoms with van der Waals surface area (Å²) in [5.74, 6) is 0.110. The molecule has 2 fully saturated rings. The van der Waals surface area contributed by atoms with E-state index in [2.05, 4.69) is 78.1 Å². The molecule has 7 rings (SSSR count). The molecular weight excluding hydrogens is 732 g/mol. The van der Waals surface area contributed by atoms with Gasteiger partial charge >= 0.3 is 0 Å². The van der Waals surface area contributed by atoms with Crippen LogP contribution in [0.4, 0.5) is 11.4 Å². The predicted molar refractivity (Wildman–Crippen MR) is 195 cm³/mol. The van der Waals surface area contributed by atoms with E-state index in [-0.39, 0.29) is 34.0 Å². The maximum atomic E-state index is 14.1. The van der Waals surface area contributed by atoms with Crippen molar-refractivity contribution >= 4 is 66.4 Å². The Morgan fingerprint density at radius 3 is 1.15 bits per heavy atom. The minimum Gasteiger partial charge on any atom is -0.365 e. The van der Waals surface area contributed by atoms with Gasteiger partial charge in [-0.2, -0.15) is 0 Å². The molecule has 3 aromatic carbocycles. The summed E-state index contributed by atoms with van der Waals surface area (Å²) in [6.45, 7) is 9.74. The van der Waals surface area contributed by atoms with Gasteiger partial charge in [-0.3, -0.25) is 19.2 Å². The Morgan fingerprint density at radius 2 is 0.833 bits per heavy atom. The van der Waals surface area contributed by atoms with Crippen LogP contribution in [0.25, 0.3) is 0 Å². The molecule has 0 unspecified atom stereocenters. The minimum absolute atomic E-state index is 0.0274. The second-order valence-electron chi connectivity index (χ2n) is 16.3. The van der Waals surface area contributed by atoms with E-state index >= 15 is 0 Å². The first-order chi connectivity index (χ1) is 22.6. The molecule has 8 heteroatoms. The summed E-state index contributed by atoms with van der Waals surface area (Å²) in [6.07, 6.45) is 2.24. The molecule has 6 nitrogen and oxygen atoms in total. The van der Waals surface area contributed by atoms with Gasteiger partial charge in [0.25, 0.3) is 0 Å². The van der Waals surface area contributed by atoms with Gasteiger partial charge in [0.1, 0.15) is 34.0 Å². The number of anilines is 2. The van der Waals surface area contributed by atoms with E-state index in [0.29, 0.717) is 64.7 Å². The molecule has 0 aromatic heterocycles. The number of halogens is 2. The normalized spacial score (nSPS) is 22.2. The van der Waals surface area contributed by atoms with E-state index in [1.165, 1.54) is 0 Å². The molecule has 2 heterocycles. The molecule has 0 N–H and O–H groups in total. The highest BCUT2D eigenvalue weighted by molar-refractivity contribution is 9.10. The molecule has 2 aliphatic carbocycles. The lowest BCUT2D eigenvalue weighted by atomic mass is 9.59. The molecule has 0 amide bonds. The average molecular weight is 775 g/mol. The van der Waals surface area contributed by atoms with Gasteiger partial charge < -0.3 is 9.80 Å². The van der Waals surface area contributed by atoms with E-state index in [4.69, 9.17) is 0 Å². The van der Waals surface area contributed by atoms with E-state index in [1.807, 2.05) is 52.0 Å². The van der Waals surface area contributed by atoms with Gasteiger partial charge in [-0.1, -0.05) is 83.8 Å². The van der Waals surface area contributed by atoms with Crippen molar-refractivity contribution in [3.8, 4) is 0 Å². The predicted octanol–water partition coefficient (Wildman–Crippen LogP) is 8.23. The molecule has 0 radical (unpaired) electrons. The number of nitrogens with zero attached hydrogens (tertiary/aromatic N) is 2. The van der Waals surface area contributed by atoms with Crippen molar-refractivity contribution in [1.29, 1.82) is 0 Å². The van der Waals surface area contributed by atoms with Crippen molar-refractivity contribution in [2.45, 2.75) is 79.3 Å². The van der Waals surface area contributed by atoms with Gasteiger partial charge in [-0.15, -0.1) is 0 Å². The van der Waals surface area contributed by atoms with Crippen LogP contribution < -0.4 is 9.80 Å². The lowest BCUT2D eigenvalue weighted by Gasteiger charge is -2.50. The number of carbonyl (C=O) groups is 4. The van der Waals surface area contributed by atoms with Crippen LogP contribution in [0.2, 0.25) is 0 Å². The van der Waals surface area contributed by atoms with Gasteiger partial charge in [-0.25, -0.2) is 0 Å². The zero-order valence-corrected chi connectivity index (χ0v) is 31.3. The quantitative estimate of drug-likeness (QED) is 0.249. The van der Waals surface area contributed by atoms with Crippen LogP contribution in [0.5, 0.6) is 0 Å². The van der Waals surface area contributed by atoms with E-state index in [1.54, 1.807) is 0 Å². The molecule has 3 aromatic rings. The van der Waals surface area contributed by atoms with Gasteiger partial charge in [0.05, 0.1) is 0 Å². The SMILES string of the molecule is CC1(C)CC(=O)C2(Cc3cc4c(cc3N(Cc3ccc(Br)cc3)C2)CC2(CN4Cc3ccc(Br)cc3)C(=O)CC(C)(C)CC2=O)C(=O)C1. The first kappa shape index (κ1) is 33.4. The van der Waals surface area contributed by atoms with Crippen LogP contribution in [0, 0.1) is 21.7 Å². The van der Waals surface area contributed by atoms with Crippen molar-refractivity contribution in [3.63, 3.8) is 0 Å². The van der Waals surface area contributed by atoms with Crippen molar-refractivity contribution in [2.24, 2.45) is 21.7 Å². The molecule has 0 saturated heterocycles. The Morgan fingerprint density at radius 1 is 0.521 bits per heavy atom. The highest BCUT2D eigenvalue weighted by atomic mass is 79.9. The Labute approximate surface area is 299 Å². The lowest BCUT2D eigenvalue weighted by molar-refractivity contribution is -0.149. The first-order valence-corrected chi connectivity index (χ1v) is 18.4. The van der Waals surface area contributed by atoms with Gasteiger partial charge in [0.2, 0.25) is 0 Å². The molecule has 48 heavy (non-hydrogen) atoms. The maximum absolute atomic E-state index is 14.1. The van der Waals surface area contributed by atoms with E-state index in [0.717, 1.165) is 42.6 Å². The zero-order valence-electron chi connectivity index (χ0n) is 28.1. The molecule has 2 spiro atoms. The van der Waals surface area contributed by atoms with Crippen LogP contribution in [0.1, 0.15) is 75.6 Å². The zero-order chi connectivity index (χ0) is 34.2. The van der Waals surface area contributed by atoms with E-state index < -0.39 is 10.8 Å². The number of hydrogen-bond donors (Lipinski definition) is 0. The molecule has 250 valence electrons. The number of rotatable bonds is 4. The number of Topliss-reactive ketones (excluding diaryl/α,β-unsaturated/α-hetero) is 4. The number of benzene rings is 3. The summed E-state index contributed by atoms with van der Waals surface area (Å²) in [7, 11) is 0. The summed E-state index contributed by atoms with van der Waals surface area (Å²) < 4.78 is 1.97. The van der Waals surface area contributed by atoms with Crippen LogP contribution in [0.15, 0.2) is 69.6 Å². The molecule has 2 aliphatic heterocycles. The minimum atomic E-state index is -1.10. The molecule has 0 atom stereocenters. The third-order valence-corrected chi connectivity index (χ3v) is 12.2. The molecular formula is C40H42Br2N2O4. The average Bonchev–Trinajstić information content (AvgIpc) is 3.00. The third-order valence-electron chi connectivity index (χ3n) is 11.1. The number of carbonyl (C=O) groups excluding carboxylic acids is 4. The monoisotopic (exact) mass is 772 g/mol. The second-order valence-corrected chi connectivity index (χ2v) is 18.2. The maximum Gasteiger partial charge on any atom is 0.149 e. The smallest absolute Gasteiger partial charge is 0.149 e. The first-order valence-electron chi connectivity index (χ1n) is 16.9. The summed E-state index contributed by atoms with van der Waals surface area (Å²) in [4.78, 5) is 60.6. The fourth-order valence-corrected chi connectivity index (χ4v) is 9.15. The number of ketones is 4. The number of fused-ring (bicyclic) bond motifs is 2. The Balaban J connectivity index is 1.36. The topological polar surface area (TPSA) is 74.8 Å². The largest absolute Gasteiger partial charge is 0.365 e. The Hall–Kier alpha value is -3.10. The summed E-state index contributed by atoms with van der Waals surface area (Å²) in [5.41, 5.74) is 3.14. The molecule has 4 aliphatic rings. The van der Waals surface area contributed by atoms with Gasteiger partial charge in [0, 0.05) is 72.2 Å². The van der Waals surface area contributed by atoms with Crippen LogP contribution in [0.3, 0.4) is 0 Å². The van der Waals surface area contributed by atoms with Crippen LogP contribution in [-0.2, 0) is 45.1 Å². The highest BCUT2D eigenvalue weighted by Crippen LogP contribution is 2.52. The van der Waals surface area contributed by atoms with E-state index in [9.17, 15) is 19.2 Å². The van der Waals surface area contributed by atoms with Crippen molar-refractivity contribution < 1.29 is 19.2 Å². The number of hydrogen-bond acceptors (Lipinski definition) is 6.